The minimum Gasteiger partial charge on any atom is -0.383 e. The fourth-order valence-corrected chi connectivity index (χ4v) is 3.01. The molecule has 3 rings (SSSR count). The van der Waals surface area contributed by atoms with Gasteiger partial charge in [-0.15, -0.1) is 0 Å². The van der Waals surface area contributed by atoms with Crippen LogP contribution in [0.4, 0.5) is 4.39 Å². The maximum absolute atomic E-state index is 14.0. The van der Waals surface area contributed by atoms with Gasteiger partial charge < -0.3 is 9.64 Å². The second kappa shape index (κ2) is 9.80. The molecule has 0 N–H and O–H groups in total. The maximum atomic E-state index is 14.0. The Bertz CT molecular complexity index is 896. The molecule has 0 aliphatic heterocycles. The smallest absolute Gasteiger partial charge is 0.274 e. The second-order valence-electron chi connectivity index (χ2n) is 6.47. The molecule has 6 heteroatoms. The Morgan fingerprint density at radius 3 is 2.57 bits per heavy atom. The van der Waals surface area contributed by atoms with Crippen LogP contribution in [0.5, 0.6) is 0 Å². The normalized spacial score (nSPS) is 10.8. The molecule has 1 aromatic heterocycles. The van der Waals surface area contributed by atoms with Gasteiger partial charge in [0.2, 0.25) is 0 Å². The number of carbonyl (C=O) groups excluding carboxylic acids is 1. The van der Waals surface area contributed by atoms with Gasteiger partial charge in [-0.1, -0.05) is 42.5 Å². The highest BCUT2D eigenvalue weighted by Crippen LogP contribution is 2.13. The molecule has 3 aromatic rings. The van der Waals surface area contributed by atoms with Crippen LogP contribution < -0.4 is 0 Å². The molecule has 28 heavy (non-hydrogen) atoms. The summed E-state index contributed by atoms with van der Waals surface area (Å²) in [5, 5.41) is 4.28. The van der Waals surface area contributed by atoms with Crippen LogP contribution >= 0.6 is 0 Å². The summed E-state index contributed by atoms with van der Waals surface area (Å²) < 4.78 is 20.5. The van der Waals surface area contributed by atoms with Crippen molar-refractivity contribution in [2.45, 2.75) is 12.8 Å². The van der Waals surface area contributed by atoms with E-state index in [0.717, 1.165) is 12.8 Å². The summed E-state index contributed by atoms with van der Waals surface area (Å²) in [6, 6.07) is 18.1. The average Bonchev–Trinajstić information content (AvgIpc) is 3.21. The Morgan fingerprint density at radius 1 is 1.07 bits per heavy atom. The molecular formula is C22H24FN3O2. The van der Waals surface area contributed by atoms with Crippen molar-refractivity contribution in [3.05, 3.63) is 83.9 Å². The molecule has 1 heterocycles. The molecule has 5 nitrogen and oxygen atoms in total. The zero-order valence-electron chi connectivity index (χ0n) is 15.9. The fourth-order valence-electron chi connectivity index (χ4n) is 3.01. The van der Waals surface area contributed by atoms with Gasteiger partial charge >= 0.3 is 0 Å². The van der Waals surface area contributed by atoms with Crippen LogP contribution in [0.2, 0.25) is 0 Å². The summed E-state index contributed by atoms with van der Waals surface area (Å²) >= 11 is 0. The van der Waals surface area contributed by atoms with Crippen LogP contribution in [0.3, 0.4) is 0 Å². The van der Waals surface area contributed by atoms with E-state index in [-0.39, 0.29) is 11.7 Å². The highest BCUT2D eigenvalue weighted by atomic mass is 19.1. The predicted octanol–water partition coefficient (Wildman–Crippen LogP) is 3.73. The molecule has 0 saturated heterocycles. The molecule has 0 saturated carbocycles. The molecule has 2 aromatic carbocycles. The number of nitrogens with zero attached hydrogens (tertiary/aromatic N) is 3. The van der Waals surface area contributed by atoms with Gasteiger partial charge in [0.1, 0.15) is 11.5 Å². The predicted molar refractivity (Wildman–Crippen MR) is 106 cm³/mol. The van der Waals surface area contributed by atoms with Gasteiger partial charge in [-0.3, -0.25) is 4.79 Å². The fraction of sp³-hybridized carbons (Fsp3) is 0.273. The van der Waals surface area contributed by atoms with E-state index in [2.05, 4.69) is 17.2 Å². The SMILES string of the molecule is COCCN(CCCc1ccccc1)C(=O)c1ccn(-c2ccccc2F)n1. The summed E-state index contributed by atoms with van der Waals surface area (Å²) in [5.74, 6) is -0.566. The van der Waals surface area contributed by atoms with E-state index in [1.54, 1.807) is 42.5 Å². The number of amides is 1. The summed E-state index contributed by atoms with van der Waals surface area (Å²) in [7, 11) is 1.61. The molecule has 0 radical (unpaired) electrons. The lowest BCUT2D eigenvalue weighted by Crippen LogP contribution is -2.35. The van der Waals surface area contributed by atoms with Crippen molar-refractivity contribution in [2.75, 3.05) is 26.8 Å². The second-order valence-corrected chi connectivity index (χ2v) is 6.47. The van der Waals surface area contributed by atoms with Gasteiger partial charge in [0.05, 0.1) is 6.61 Å². The van der Waals surface area contributed by atoms with Crippen LogP contribution in [0, 0.1) is 5.82 Å². The van der Waals surface area contributed by atoms with Gasteiger partial charge in [0, 0.05) is 26.4 Å². The first-order valence-corrected chi connectivity index (χ1v) is 9.32. The lowest BCUT2D eigenvalue weighted by Gasteiger charge is -2.21. The van der Waals surface area contributed by atoms with Crippen molar-refractivity contribution in [2.24, 2.45) is 0 Å². The quantitative estimate of drug-likeness (QED) is 0.567. The Labute approximate surface area is 164 Å². The standard InChI is InChI=1S/C22H24FN3O2/c1-28-17-16-25(14-7-10-18-8-3-2-4-9-18)22(27)20-13-15-26(24-20)21-12-6-5-11-19(21)23/h2-6,8-9,11-13,15H,7,10,14,16-17H2,1H3. The van der Waals surface area contributed by atoms with E-state index in [9.17, 15) is 9.18 Å². The van der Waals surface area contributed by atoms with Crippen molar-refractivity contribution in [1.82, 2.24) is 14.7 Å². The summed E-state index contributed by atoms with van der Waals surface area (Å²) in [6.07, 6.45) is 3.33. The first-order valence-electron chi connectivity index (χ1n) is 9.32. The Hall–Kier alpha value is -2.99. The van der Waals surface area contributed by atoms with Gasteiger partial charge in [-0.2, -0.15) is 5.10 Å². The van der Waals surface area contributed by atoms with Crippen LogP contribution in [-0.2, 0) is 11.2 Å². The van der Waals surface area contributed by atoms with Crippen molar-refractivity contribution >= 4 is 5.91 Å². The number of rotatable bonds is 9. The molecule has 0 unspecified atom stereocenters. The largest absolute Gasteiger partial charge is 0.383 e. The Balaban J connectivity index is 1.68. The number of para-hydroxylation sites is 1. The molecule has 1 amide bonds. The van der Waals surface area contributed by atoms with Crippen LogP contribution in [0.25, 0.3) is 5.69 Å². The Kier molecular flexibility index (Phi) is 6.92. The minimum atomic E-state index is -0.385. The molecular weight excluding hydrogens is 357 g/mol. The molecule has 0 bridgehead atoms. The molecule has 146 valence electrons. The maximum Gasteiger partial charge on any atom is 0.274 e. The minimum absolute atomic E-state index is 0.180. The van der Waals surface area contributed by atoms with Crippen molar-refractivity contribution < 1.29 is 13.9 Å². The van der Waals surface area contributed by atoms with E-state index < -0.39 is 0 Å². The number of hydrogen-bond donors (Lipinski definition) is 0. The van der Waals surface area contributed by atoms with Crippen LogP contribution in [0.1, 0.15) is 22.5 Å². The van der Waals surface area contributed by atoms with Crippen LogP contribution in [-0.4, -0.2) is 47.4 Å². The highest BCUT2D eigenvalue weighted by molar-refractivity contribution is 5.92. The average molecular weight is 381 g/mol. The number of methoxy groups -OCH3 is 1. The number of aromatic nitrogens is 2. The van der Waals surface area contributed by atoms with E-state index >= 15 is 0 Å². The zero-order chi connectivity index (χ0) is 19.8. The molecule has 0 aliphatic carbocycles. The van der Waals surface area contributed by atoms with Gasteiger partial charge in [0.25, 0.3) is 5.91 Å². The van der Waals surface area contributed by atoms with E-state index in [1.165, 1.54) is 16.3 Å². The third kappa shape index (κ3) is 5.04. The number of benzene rings is 2. The first kappa shape index (κ1) is 19.8. The van der Waals surface area contributed by atoms with E-state index in [4.69, 9.17) is 4.74 Å². The molecule has 0 aliphatic rings. The third-order valence-corrected chi connectivity index (χ3v) is 4.50. The molecule has 0 spiro atoms. The number of ether oxygens (including phenoxy) is 1. The van der Waals surface area contributed by atoms with E-state index in [1.807, 2.05) is 18.2 Å². The summed E-state index contributed by atoms with van der Waals surface area (Å²) in [4.78, 5) is 14.7. The van der Waals surface area contributed by atoms with Gasteiger partial charge in [0.15, 0.2) is 5.69 Å². The summed E-state index contributed by atoms with van der Waals surface area (Å²) in [5.41, 5.74) is 1.85. The lowest BCUT2D eigenvalue weighted by molar-refractivity contribution is 0.0687. The lowest BCUT2D eigenvalue weighted by atomic mass is 10.1. The number of aryl methyl sites for hydroxylation is 1. The molecule has 0 fully saturated rings. The highest BCUT2D eigenvalue weighted by Gasteiger charge is 2.19. The van der Waals surface area contributed by atoms with Crippen molar-refractivity contribution in [3.63, 3.8) is 0 Å². The zero-order valence-corrected chi connectivity index (χ0v) is 15.9. The third-order valence-electron chi connectivity index (χ3n) is 4.50. The van der Waals surface area contributed by atoms with Crippen molar-refractivity contribution in [3.8, 4) is 5.69 Å². The molecule has 0 atom stereocenters. The monoisotopic (exact) mass is 381 g/mol. The number of hydrogen-bond acceptors (Lipinski definition) is 3. The number of carbonyl (C=O) groups is 1. The Morgan fingerprint density at radius 2 is 1.82 bits per heavy atom. The van der Waals surface area contributed by atoms with E-state index in [0.29, 0.717) is 31.1 Å². The topological polar surface area (TPSA) is 47.4 Å². The summed E-state index contributed by atoms with van der Waals surface area (Å²) in [6.45, 7) is 1.53. The van der Waals surface area contributed by atoms with Gasteiger partial charge in [-0.05, 0) is 36.6 Å². The van der Waals surface area contributed by atoms with Crippen molar-refractivity contribution in [1.29, 1.82) is 0 Å². The number of halogens is 1. The van der Waals surface area contributed by atoms with Crippen LogP contribution in [0.15, 0.2) is 66.9 Å². The first-order chi connectivity index (χ1) is 13.7. The van der Waals surface area contributed by atoms with Gasteiger partial charge in [-0.25, -0.2) is 9.07 Å².